The van der Waals surface area contributed by atoms with Crippen molar-refractivity contribution in [3.8, 4) is 0 Å². The van der Waals surface area contributed by atoms with Crippen molar-refractivity contribution in [2.45, 2.75) is 52.1 Å². The quantitative estimate of drug-likeness (QED) is 0.705. The summed E-state index contributed by atoms with van der Waals surface area (Å²) in [5.41, 5.74) is 0.0553. The minimum atomic E-state index is -0.0380. The van der Waals surface area contributed by atoms with Crippen LogP contribution in [0.4, 0.5) is 0 Å². The highest BCUT2D eigenvalue weighted by molar-refractivity contribution is 5.81. The average molecular weight is 241 g/mol. The second kappa shape index (κ2) is 6.36. The van der Waals surface area contributed by atoms with Crippen LogP contribution in [-0.2, 0) is 4.79 Å². The third-order valence-electron chi connectivity index (χ3n) is 3.54. The lowest BCUT2D eigenvalue weighted by molar-refractivity contribution is -0.128. The lowest BCUT2D eigenvalue weighted by Crippen LogP contribution is -2.63. The SMILES string of the molecule is CCCCNC(=O)C(C)N1CCNCC1(C)C. The molecule has 0 aromatic heterocycles. The summed E-state index contributed by atoms with van der Waals surface area (Å²) < 4.78 is 0. The van der Waals surface area contributed by atoms with Crippen molar-refractivity contribution >= 4 is 5.91 Å². The lowest BCUT2D eigenvalue weighted by atomic mass is 9.97. The molecule has 1 saturated heterocycles. The molecule has 2 N–H and O–H groups in total. The van der Waals surface area contributed by atoms with Crippen LogP contribution < -0.4 is 10.6 Å². The van der Waals surface area contributed by atoms with Gasteiger partial charge >= 0.3 is 0 Å². The third kappa shape index (κ3) is 3.96. The van der Waals surface area contributed by atoms with Gasteiger partial charge in [-0.1, -0.05) is 13.3 Å². The first-order valence-corrected chi connectivity index (χ1v) is 6.74. The van der Waals surface area contributed by atoms with E-state index in [1.807, 2.05) is 6.92 Å². The number of nitrogens with one attached hydrogen (secondary N) is 2. The molecule has 1 rings (SSSR count). The molecule has 1 unspecified atom stereocenters. The number of hydrogen-bond acceptors (Lipinski definition) is 3. The van der Waals surface area contributed by atoms with E-state index in [9.17, 15) is 4.79 Å². The van der Waals surface area contributed by atoms with Crippen molar-refractivity contribution in [2.75, 3.05) is 26.2 Å². The van der Waals surface area contributed by atoms with Gasteiger partial charge in [0.1, 0.15) is 0 Å². The van der Waals surface area contributed by atoms with Gasteiger partial charge in [0, 0.05) is 31.7 Å². The second-order valence-electron chi connectivity index (χ2n) is 5.50. The Morgan fingerprint density at radius 1 is 1.53 bits per heavy atom. The molecule has 0 radical (unpaired) electrons. The summed E-state index contributed by atoms with van der Waals surface area (Å²) in [5, 5.41) is 6.40. The number of carbonyl (C=O) groups excluding carboxylic acids is 1. The van der Waals surface area contributed by atoms with E-state index in [-0.39, 0.29) is 17.5 Å². The number of carbonyl (C=O) groups is 1. The lowest BCUT2D eigenvalue weighted by Gasteiger charge is -2.45. The Balaban J connectivity index is 2.49. The van der Waals surface area contributed by atoms with Crippen LogP contribution in [0, 0.1) is 0 Å². The van der Waals surface area contributed by atoms with Gasteiger partial charge in [0.15, 0.2) is 0 Å². The molecule has 1 amide bonds. The van der Waals surface area contributed by atoms with Crippen LogP contribution in [-0.4, -0.2) is 48.6 Å². The maximum atomic E-state index is 12.0. The highest BCUT2D eigenvalue weighted by Crippen LogP contribution is 2.19. The van der Waals surface area contributed by atoms with Gasteiger partial charge < -0.3 is 10.6 Å². The summed E-state index contributed by atoms with van der Waals surface area (Å²) in [6.45, 7) is 12.2. The molecule has 1 heterocycles. The Kier molecular flexibility index (Phi) is 5.40. The zero-order valence-electron chi connectivity index (χ0n) is 11.7. The standard InChI is InChI=1S/C13H27N3O/c1-5-6-7-15-12(17)11(2)16-9-8-14-10-13(16,3)4/h11,14H,5-10H2,1-4H3,(H,15,17). The highest BCUT2D eigenvalue weighted by atomic mass is 16.2. The first-order chi connectivity index (χ1) is 7.99. The third-order valence-corrected chi connectivity index (χ3v) is 3.54. The van der Waals surface area contributed by atoms with Crippen LogP contribution in [0.15, 0.2) is 0 Å². The smallest absolute Gasteiger partial charge is 0.237 e. The van der Waals surface area contributed by atoms with Crippen LogP contribution in [0.2, 0.25) is 0 Å². The topological polar surface area (TPSA) is 44.4 Å². The molecule has 0 spiro atoms. The molecule has 1 atom stereocenters. The number of piperazine rings is 1. The van der Waals surface area contributed by atoms with Gasteiger partial charge in [-0.2, -0.15) is 0 Å². The molecule has 4 nitrogen and oxygen atoms in total. The maximum absolute atomic E-state index is 12.0. The molecule has 4 heteroatoms. The molecule has 1 aliphatic rings. The minimum Gasteiger partial charge on any atom is -0.355 e. The van der Waals surface area contributed by atoms with E-state index in [1.54, 1.807) is 0 Å². The van der Waals surface area contributed by atoms with Gasteiger partial charge in [-0.3, -0.25) is 9.69 Å². The Morgan fingerprint density at radius 3 is 2.82 bits per heavy atom. The van der Waals surface area contributed by atoms with E-state index >= 15 is 0 Å². The van der Waals surface area contributed by atoms with Crippen LogP contribution in [0.1, 0.15) is 40.5 Å². The van der Waals surface area contributed by atoms with E-state index in [4.69, 9.17) is 0 Å². The number of amides is 1. The summed E-state index contributed by atoms with van der Waals surface area (Å²) in [5.74, 6) is 0.161. The predicted molar refractivity (Wildman–Crippen MR) is 71.0 cm³/mol. The first kappa shape index (κ1) is 14.5. The summed E-state index contributed by atoms with van der Waals surface area (Å²) in [6, 6.07) is -0.0380. The largest absolute Gasteiger partial charge is 0.355 e. The van der Waals surface area contributed by atoms with Crippen LogP contribution in [0.3, 0.4) is 0 Å². The summed E-state index contributed by atoms with van der Waals surface area (Å²) in [7, 11) is 0. The van der Waals surface area contributed by atoms with Gasteiger partial charge in [0.05, 0.1) is 6.04 Å². The van der Waals surface area contributed by atoms with Gasteiger partial charge in [-0.25, -0.2) is 0 Å². The van der Waals surface area contributed by atoms with Gasteiger partial charge in [0.2, 0.25) is 5.91 Å². The molecule has 0 aliphatic carbocycles. The van der Waals surface area contributed by atoms with E-state index in [2.05, 4.69) is 36.3 Å². The van der Waals surface area contributed by atoms with Crippen molar-refractivity contribution in [3.05, 3.63) is 0 Å². The monoisotopic (exact) mass is 241 g/mol. The fourth-order valence-corrected chi connectivity index (χ4v) is 2.39. The van der Waals surface area contributed by atoms with Gasteiger partial charge in [0.25, 0.3) is 0 Å². The molecule has 0 saturated carbocycles. The summed E-state index contributed by atoms with van der Waals surface area (Å²) in [4.78, 5) is 14.3. The average Bonchev–Trinajstić information content (AvgIpc) is 2.28. The van der Waals surface area contributed by atoms with Crippen LogP contribution >= 0.6 is 0 Å². The summed E-state index contributed by atoms with van der Waals surface area (Å²) >= 11 is 0. The maximum Gasteiger partial charge on any atom is 0.237 e. The normalized spacial score (nSPS) is 22.1. The van der Waals surface area contributed by atoms with E-state index < -0.39 is 0 Å². The zero-order chi connectivity index (χ0) is 12.9. The first-order valence-electron chi connectivity index (χ1n) is 6.74. The fourth-order valence-electron chi connectivity index (χ4n) is 2.39. The van der Waals surface area contributed by atoms with Crippen molar-refractivity contribution in [1.29, 1.82) is 0 Å². The van der Waals surface area contributed by atoms with Crippen molar-refractivity contribution in [1.82, 2.24) is 15.5 Å². The predicted octanol–water partition coefficient (Wildman–Crippen LogP) is 0.975. The highest BCUT2D eigenvalue weighted by Gasteiger charge is 2.35. The zero-order valence-corrected chi connectivity index (χ0v) is 11.7. The van der Waals surface area contributed by atoms with E-state index in [0.29, 0.717) is 0 Å². The molecule has 17 heavy (non-hydrogen) atoms. The van der Waals surface area contributed by atoms with E-state index in [1.165, 1.54) is 0 Å². The number of hydrogen-bond donors (Lipinski definition) is 2. The Labute approximate surface area is 105 Å². The van der Waals surface area contributed by atoms with E-state index in [0.717, 1.165) is 39.0 Å². The molecule has 100 valence electrons. The van der Waals surface area contributed by atoms with Crippen molar-refractivity contribution in [3.63, 3.8) is 0 Å². The Morgan fingerprint density at radius 2 is 2.24 bits per heavy atom. The minimum absolute atomic E-state index is 0.0380. The number of rotatable bonds is 5. The molecule has 1 aliphatic heterocycles. The molecule has 0 aromatic rings. The Hall–Kier alpha value is -0.610. The molecular formula is C13H27N3O. The number of unbranched alkanes of at least 4 members (excludes halogenated alkanes) is 1. The number of nitrogens with zero attached hydrogens (tertiary/aromatic N) is 1. The van der Waals surface area contributed by atoms with Gasteiger partial charge in [-0.05, 0) is 27.2 Å². The second-order valence-corrected chi connectivity index (χ2v) is 5.50. The molecule has 0 bridgehead atoms. The van der Waals surface area contributed by atoms with Crippen molar-refractivity contribution < 1.29 is 4.79 Å². The molecule has 0 aromatic carbocycles. The van der Waals surface area contributed by atoms with Gasteiger partial charge in [-0.15, -0.1) is 0 Å². The fraction of sp³-hybridized carbons (Fsp3) is 0.923. The van der Waals surface area contributed by atoms with Crippen LogP contribution in [0.25, 0.3) is 0 Å². The summed E-state index contributed by atoms with van der Waals surface area (Å²) in [6.07, 6.45) is 2.18. The molecular weight excluding hydrogens is 214 g/mol. The Bertz CT molecular complexity index is 253. The van der Waals surface area contributed by atoms with Crippen molar-refractivity contribution in [2.24, 2.45) is 0 Å². The molecule has 1 fully saturated rings. The van der Waals surface area contributed by atoms with Crippen LogP contribution in [0.5, 0.6) is 0 Å².